The summed E-state index contributed by atoms with van der Waals surface area (Å²) >= 11 is 0. The number of nitrogens with zero attached hydrogens (tertiary/aromatic N) is 1. The molecule has 3 rings (SSSR count). The number of hydrogen-bond donors (Lipinski definition) is 1. The predicted molar refractivity (Wildman–Crippen MR) is 112 cm³/mol. The van der Waals surface area contributed by atoms with Crippen LogP contribution in [-0.4, -0.2) is 44.0 Å². The van der Waals surface area contributed by atoms with Crippen LogP contribution in [0, 0.1) is 5.82 Å². The van der Waals surface area contributed by atoms with Crippen molar-refractivity contribution in [2.24, 2.45) is 0 Å². The van der Waals surface area contributed by atoms with Gasteiger partial charge in [0.15, 0.2) is 5.78 Å². The Morgan fingerprint density at radius 1 is 1.03 bits per heavy atom. The summed E-state index contributed by atoms with van der Waals surface area (Å²) in [6.45, 7) is 8.73. The molecule has 1 fully saturated rings. The van der Waals surface area contributed by atoms with E-state index in [1.807, 2.05) is 12.1 Å². The van der Waals surface area contributed by atoms with Crippen molar-refractivity contribution in [3.63, 3.8) is 0 Å². The number of Topliss-reactive ketones (excluding diaryl/α,β-unsaturated/α-hetero) is 1. The van der Waals surface area contributed by atoms with Crippen LogP contribution in [0.2, 0.25) is 0 Å². The number of halogens is 1. The van der Waals surface area contributed by atoms with Gasteiger partial charge in [-0.1, -0.05) is 45.0 Å². The summed E-state index contributed by atoms with van der Waals surface area (Å²) < 4.78 is 13.1. The Morgan fingerprint density at radius 2 is 1.60 bits per heavy atom. The minimum atomic E-state index is -1.19. The Labute approximate surface area is 177 Å². The van der Waals surface area contributed by atoms with Crippen molar-refractivity contribution < 1.29 is 24.0 Å². The standard InChI is InChI=1S/C24H29FN2O3/c1-24(2,3)18-6-4-17(5-7-18)22(28)16-21(23(29)30)27-14-12-26(13-15-27)20-10-8-19(25)9-11-20/h4-11,21H,12-16H2,1-3H3,(H,29,30)/t21-/m0/s1. The second-order valence-electron chi connectivity index (χ2n) is 8.95. The number of carbonyl (C=O) groups is 2. The Morgan fingerprint density at radius 3 is 2.10 bits per heavy atom. The molecule has 0 radical (unpaired) electrons. The van der Waals surface area contributed by atoms with E-state index in [-0.39, 0.29) is 23.4 Å². The van der Waals surface area contributed by atoms with Crippen LogP contribution in [-0.2, 0) is 10.2 Å². The normalized spacial score (nSPS) is 16.3. The van der Waals surface area contributed by atoms with Crippen LogP contribution in [0.4, 0.5) is 10.1 Å². The Bertz CT molecular complexity index is 880. The van der Waals surface area contributed by atoms with Crippen molar-refractivity contribution >= 4 is 17.4 Å². The Balaban J connectivity index is 1.63. The highest BCUT2D eigenvalue weighted by atomic mass is 19.1. The van der Waals surface area contributed by atoms with Gasteiger partial charge in [0, 0.05) is 11.3 Å². The van der Waals surface area contributed by atoms with Gasteiger partial charge in [-0.2, -0.15) is 0 Å². The third-order valence-corrected chi connectivity index (χ3v) is 5.84. The molecule has 0 unspecified atom stereocenters. The van der Waals surface area contributed by atoms with Crippen LogP contribution < -0.4 is 14.9 Å². The molecule has 1 aliphatic heterocycles. The number of benzene rings is 2. The van der Waals surface area contributed by atoms with Gasteiger partial charge in [0.05, 0.1) is 38.6 Å². The molecule has 2 aromatic carbocycles. The fourth-order valence-corrected chi connectivity index (χ4v) is 3.91. The molecule has 0 aliphatic carbocycles. The summed E-state index contributed by atoms with van der Waals surface area (Å²) in [4.78, 5) is 27.5. The van der Waals surface area contributed by atoms with Gasteiger partial charge in [-0.05, 0) is 35.2 Å². The maximum Gasteiger partial charge on any atom is 0.169 e. The highest BCUT2D eigenvalue weighted by Crippen LogP contribution is 2.22. The molecule has 1 atom stereocenters. The summed E-state index contributed by atoms with van der Waals surface area (Å²) in [6.07, 6.45) is -0.0803. The molecule has 0 amide bonds. The molecule has 0 aromatic heterocycles. The van der Waals surface area contributed by atoms with Gasteiger partial charge < -0.3 is 19.7 Å². The molecule has 5 nitrogen and oxygen atoms in total. The van der Waals surface area contributed by atoms with Gasteiger partial charge in [-0.25, -0.2) is 4.39 Å². The number of carboxylic acid groups (broad SMARTS) is 1. The number of rotatable bonds is 6. The third-order valence-electron chi connectivity index (χ3n) is 5.84. The fourth-order valence-electron chi connectivity index (χ4n) is 3.91. The first-order valence-corrected chi connectivity index (χ1v) is 10.3. The minimum Gasteiger partial charge on any atom is -0.544 e. The van der Waals surface area contributed by atoms with E-state index in [4.69, 9.17) is 0 Å². The van der Waals surface area contributed by atoms with E-state index in [0.717, 1.165) is 16.2 Å². The molecule has 1 aliphatic rings. The zero-order chi connectivity index (χ0) is 21.9. The molecule has 160 valence electrons. The SMILES string of the molecule is CC(C)(C)c1ccc(C(=O)C[C@@H](C(=O)[O-])[NH+]2CCN(c3ccc(F)cc3)CC2)cc1. The van der Waals surface area contributed by atoms with Crippen LogP contribution >= 0.6 is 0 Å². The average molecular weight is 413 g/mol. The molecule has 0 spiro atoms. The molecule has 0 saturated carbocycles. The first kappa shape index (κ1) is 22.0. The van der Waals surface area contributed by atoms with E-state index in [2.05, 4.69) is 25.7 Å². The number of nitrogens with one attached hydrogen (secondary N) is 1. The summed E-state index contributed by atoms with van der Waals surface area (Å²) in [5, 5.41) is 11.8. The lowest BCUT2D eigenvalue weighted by Crippen LogP contribution is -3.19. The van der Waals surface area contributed by atoms with E-state index in [1.54, 1.807) is 24.3 Å². The summed E-state index contributed by atoms with van der Waals surface area (Å²) in [6, 6.07) is 12.8. The number of quaternary nitrogens is 1. The smallest absolute Gasteiger partial charge is 0.169 e. The highest BCUT2D eigenvalue weighted by Gasteiger charge is 2.30. The lowest BCUT2D eigenvalue weighted by molar-refractivity contribution is -0.918. The molecule has 6 heteroatoms. The lowest BCUT2D eigenvalue weighted by Gasteiger charge is -2.37. The van der Waals surface area contributed by atoms with Crippen molar-refractivity contribution in [3.8, 4) is 0 Å². The van der Waals surface area contributed by atoms with Gasteiger partial charge in [-0.3, -0.25) is 4.79 Å². The van der Waals surface area contributed by atoms with Gasteiger partial charge in [0.1, 0.15) is 11.9 Å². The largest absolute Gasteiger partial charge is 0.544 e. The second kappa shape index (κ2) is 8.96. The van der Waals surface area contributed by atoms with Crippen LogP contribution in [0.1, 0.15) is 43.1 Å². The van der Waals surface area contributed by atoms with Crippen molar-refractivity contribution in [1.82, 2.24) is 0 Å². The molecule has 1 N–H and O–H groups in total. The summed E-state index contributed by atoms with van der Waals surface area (Å²) in [7, 11) is 0. The van der Waals surface area contributed by atoms with E-state index in [0.29, 0.717) is 31.7 Å². The van der Waals surface area contributed by atoms with Gasteiger partial charge in [0.25, 0.3) is 0 Å². The number of hydrogen-bond acceptors (Lipinski definition) is 4. The van der Waals surface area contributed by atoms with Crippen molar-refractivity contribution in [2.45, 2.75) is 38.6 Å². The zero-order valence-electron chi connectivity index (χ0n) is 17.8. The molecule has 1 saturated heterocycles. The number of carboxylic acids is 1. The molecular formula is C24H29FN2O3. The quantitative estimate of drug-likeness (QED) is 0.725. The van der Waals surface area contributed by atoms with E-state index in [1.165, 1.54) is 12.1 Å². The average Bonchev–Trinajstić information content (AvgIpc) is 2.72. The fraction of sp³-hybridized carbons (Fsp3) is 0.417. The lowest BCUT2D eigenvalue weighted by atomic mass is 9.86. The van der Waals surface area contributed by atoms with Crippen LogP contribution in [0.5, 0.6) is 0 Å². The maximum atomic E-state index is 13.1. The molecular weight excluding hydrogens is 383 g/mol. The topological polar surface area (TPSA) is 64.9 Å². The summed E-state index contributed by atoms with van der Waals surface area (Å²) in [5.41, 5.74) is 2.55. The number of piperazine rings is 1. The Kier molecular flexibility index (Phi) is 6.56. The van der Waals surface area contributed by atoms with Gasteiger partial charge in [0.2, 0.25) is 0 Å². The minimum absolute atomic E-state index is 0.0105. The van der Waals surface area contributed by atoms with E-state index in [9.17, 15) is 19.1 Å². The van der Waals surface area contributed by atoms with Crippen LogP contribution in [0.15, 0.2) is 48.5 Å². The zero-order valence-corrected chi connectivity index (χ0v) is 17.8. The number of aliphatic carboxylic acids is 1. The van der Waals surface area contributed by atoms with Crippen molar-refractivity contribution in [3.05, 3.63) is 65.5 Å². The van der Waals surface area contributed by atoms with E-state index >= 15 is 0 Å². The molecule has 2 aromatic rings. The van der Waals surface area contributed by atoms with E-state index < -0.39 is 12.0 Å². The Hall–Kier alpha value is -2.73. The van der Waals surface area contributed by atoms with Gasteiger partial charge >= 0.3 is 0 Å². The first-order valence-electron chi connectivity index (χ1n) is 10.3. The van der Waals surface area contributed by atoms with Crippen molar-refractivity contribution in [2.75, 3.05) is 31.1 Å². The monoisotopic (exact) mass is 412 g/mol. The van der Waals surface area contributed by atoms with Crippen LogP contribution in [0.3, 0.4) is 0 Å². The summed E-state index contributed by atoms with van der Waals surface area (Å²) in [5.74, 6) is -1.66. The van der Waals surface area contributed by atoms with Gasteiger partial charge in [-0.15, -0.1) is 0 Å². The molecule has 0 bridgehead atoms. The van der Waals surface area contributed by atoms with Crippen molar-refractivity contribution in [1.29, 1.82) is 0 Å². The van der Waals surface area contributed by atoms with Crippen LogP contribution in [0.25, 0.3) is 0 Å². The highest BCUT2D eigenvalue weighted by molar-refractivity contribution is 5.98. The second-order valence-corrected chi connectivity index (χ2v) is 8.95. The maximum absolute atomic E-state index is 13.1. The number of anilines is 1. The molecule has 1 heterocycles. The first-order chi connectivity index (χ1) is 14.1. The third kappa shape index (κ3) is 5.25. The number of carbonyl (C=O) groups excluding carboxylic acids is 2. The predicted octanol–water partition coefficient (Wildman–Crippen LogP) is 1.22. The molecule has 30 heavy (non-hydrogen) atoms. The number of ketones is 1.